The number of nitrogens with one attached hydrogen (secondary N) is 2. The van der Waals surface area contributed by atoms with E-state index in [0.29, 0.717) is 32.0 Å². The van der Waals surface area contributed by atoms with Gasteiger partial charge in [0.15, 0.2) is 0 Å². The highest BCUT2D eigenvalue weighted by molar-refractivity contribution is 7.99. The number of ether oxygens (including phenoxy) is 1. The van der Waals surface area contributed by atoms with E-state index < -0.39 is 6.10 Å². The molecule has 4 N–H and O–H groups in total. The Balaban J connectivity index is 1.12. The van der Waals surface area contributed by atoms with Crippen LogP contribution in [0.3, 0.4) is 0 Å². The summed E-state index contributed by atoms with van der Waals surface area (Å²) in [5.41, 5.74) is 5.59. The topological polar surface area (TPSA) is 117 Å². The van der Waals surface area contributed by atoms with Crippen molar-refractivity contribution in [1.82, 2.24) is 20.6 Å². The van der Waals surface area contributed by atoms with Crippen LogP contribution < -0.4 is 15.4 Å². The van der Waals surface area contributed by atoms with Gasteiger partial charge in [-0.05, 0) is 98.9 Å². The molecule has 3 aromatic rings. The third-order valence-corrected chi connectivity index (χ3v) is 9.16. The number of aryl methyl sites for hydroxylation is 1. The molecule has 230 valence electrons. The average molecular weight is 605 g/mol. The van der Waals surface area contributed by atoms with E-state index in [1.54, 1.807) is 11.8 Å². The number of aliphatic hydroxyl groups is 2. The minimum Gasteiger partial charge on any atom is -0.490 e. The standard InChI is InChI=1S/C34H44N4O4S/c1-24-11-14-33(43-20-6-10-32(41)36-18-5-4-7-25(40)23-39)38-30(24)22-37-34(16-17-34)29-21-35-19-15-27(29)28-8-2-3-9-31(28)42-26-12-13-26/h2-3,8-9,11,14-15,19,21,25-26,37,39-40H,4-7,10,12-13,16-18,20,22-23H2,1H3,(H,36,41). The van der Waals surface area contributed by atoms with Crippen LogP contribution in [0.5, 0.6) is 5.75 Å². The molecule has 1 amide bonds. The SMILES string of the molecule is Cc1ccc(SCCCC(=O)NCCCCC(O)CO)nc1CNC1(c2cnccc2-c2ccccc2OC2CC2)CC1. The quantitative estimate of drug-likeness (QED) is 0.114. The van der Waals surface area contributed by atoms with Gasteiger partial charge in [0.1, 0.15) is 5.75 Å². The Morgan fingerprint density at radius 1 is 1.12 bits per heavy atom. The maximum Gasteiger partial charge on any atom is 0.220 e. The van der Waals surface area contributed by atoms with Crippen LogP contribution in [0, 0.1) is 6.92 Å². The van der Waals surface area contributed by atoms with Crippen LogP contribution in [0.25, 0.3) is 11.1 Å². The smallest absolute Gasteiger partial charge is 0.220 e. The summed E-state index contributed by atoms with van der Waals surface area (Å²) < 4.78 is 6.26. The summed E-state index contributed by atoms with van der Waals surface area (Å²) in [6.07, 6.45) is 11.3. The molecule has 0 saturated heterocycles. The summed E-state index contributed by atoms with van der Waals surface area (Å²) >= 11 is 1.69. The fraction of sp³-hybridized carbons (Fsp3) is 0.500. The average Bonchev–Trinajstić information content (AvgIpc) is 3.97. The van der Waals surface area contributed by atoms with Crippen LogP contribution in [0.4, 0.5) is 0 Å². The molecule has 2 saturated carbocycles. The third-order valence-electron chi connectivity index (χ3n) is 8.15. The van der Waals surface area contributed by atoms with Gasteiger partial charge in [0.25, 0.3) is 0 Å². The summed E-state index contributed by atoms with van der Waals surface area (Å²) in [6, 6.07) is 14.6. The largest absolute Gasteiger partial charge is 0.490 e. The van der Waals surface area contributed by atoms with E-state index in [-0.39, 0.29) is 18.1 Å². The van der Waals surface area contributed by atoms with Gasteiger partial charge in [0.2, 0.25) is 5.91 Å². The van der Waals surface area contributed by atoms with Crippen molar-refractivity contribution < 1.29 is 19.7 Å². The van der Waals surface area contributed by atoms with Crippen molar-refractivity contribution in [3.05, 3.63) is 71.7 Å². The first-order chi connectivity index (χ1) is 21.0. The molecule has 43 heavy (non-hydrogen) atoms. The number of carbonyl (C=O) groups excluding carboxylic acids is 1. The zero-order valence-electron chi connectivity index (χ0n) is 25.1. The molecule has 5 rings (SSSR count). The summed E-state index contributed by atoms with van der Waals surface area (Å²) in [5.74, 6) is 1.82. The number of hydrogen-bond donors (Lipinski definition) is 4. The van der Waals surface area contributed by atoms with Gasteiger partial charge in [0.05, 0.1) is 29.5 Å². The van der Waals surface area contributed by atoms with Gasteiger partial charge in [-0.25, -0.2) is 4.98 Å². The molecular weight excluding hydrogens is 560 g/mol. The van der Waals surface area contributed by atoms with Gasteiger partial charge in [-0.2, -0.15) is 0 Å². The molecule has 9 heteroatoms. The molecule has 0 bridgehead atoms. The normalized spacial score (nSPS) is 16.1. The lowest BCUT2D eigenvalue weighted by Crippen LogP contribution is -2.30. The van der Waals surface area contributed by atoms with Crippen molar-refractivity contribution >= 4 is 17.7 Å². The number of thioether (sulfide) groups is 1. The third kappa shape index (κ3) is 9.01. The molecule has 2 aliphatic carbocycles. The molecule has 2 aromatic heterocycles. The minimum absolute atomic E-state index is 0.0521. The maximum absolute atomic E-state index is 12.1. The second kappa shape index (κ2) is 15.1. The van der Waals surface area contributed by atoms with Gasteiger partial charge in [0, 0.05) is 43.0 Å². The number of rotatable bonds is 18. The number of carbonyl (C=O) groups is 1. The summed E-state index contributed by atoms with van der Waals surface area (Å²) in [6.45, 7) is 3.17. The van der Waals surface area contributed by atoms with E-state index in [9.17, 15) is 9.90 Å². The second-order valence-electron chi connectivity index (χ2n) is 11.7. The molecule has 1 aromatic carbocycles. The maximum atomic E-state index is 12.1. The lowest BCUT2D eigenvalue weighted by Gasteiger charge is -2.22. The Morgan fingerprint density at radius 2 is 1.95 bits per heavy atom. The van der Waals surface area contributed by atoms with Crippen LogP contribution in [-0.2, 0) is 16.9 Å². The Kier molecular flexibility index (Phi) is 11.1. The second-order valence-corrected chi connectivity index (χ2v) is 12.8. The first-order valence-corrected chi connectivity index (χ1v) is 16.6. The van der Waals surface area contributed by atoms with E-state index in [1.165, 1.54) is 11.1 Å². The van der Waals surface area contributed by atoms with Crippen LogP contribution in [-0.4, -0.2) is 57.2 Å². The molecule has 1 unspecified atom stereocenters. The van der Waals surface area contributed by atoms with Crippen LogP contribution in [0.15, 0.2) is 59.9 Å². The van der Waals surface area contributed by atoms with Gasteiger partial charge >= 0.3 is 0 Å². The van der Waals surface area contributed by atoms with Crippen LogP contribution in [0.1, 0.15) is 74.6 Å². The number of aliphatic hydroxyl groups excluding tert-OH is 2. The van der Waals surface area contributed by atoms with Gasteiger partial charge in [-0.3, -0.25) is 9.78 Å². The number of amides is 1. The predicted molar refractivity (Wildman–Crippen MR) is 170 cm³/mol. The van der Waals surface area contributed by atoms with E-state index in [0.717, 1.165) is 78.3 Å². The van der Waals surface area contributed by atoms with Gasteiger partial charge in [-0.1, -0.05) is 24.3 Å². The highest BCUT2D eigenvalue weighted by Gasteiger charge is 2.46. The molecule has 2 fully saturated rings. The van der Waals surface area contributed by atoms with Crippen molar-refractivity contribution in [1.29, 1.82) is 0 Å². The monoisotopic (exact) mass is 604 g/mol. The molecule has 1 atom stereocenters. The van der Waals surface area contributed by atoms with E-state index in [2.05, 4.69) is 58.9 Å². The number of aromatic nitrogens is 2. The lowest BCUT2D eigenvalue weighted by atomic mass is 9.94. The van der Waals surface area contributed by atoms with Gasteiger partial charge < -0.3 is 25.6 Å². The molecule has 0 aliphatic heterocycles. The fourth-order valence-electron chi connectivity index (χ4n) is 5.22. The first-order valence-electron chi connectivity index (χ1n) is 15.6. The fourth-order valence-corrected chi connectivity index (χ4v) is 6.06. The summed E-state index contributed by atoms with van der Waals surface area (Å²) in [4.78, 5) is 21.6. The lowest BCUT2D eigenvalue weighted by molar-refractivity contribution is -0.121. The van der Waals surface area contributed by atoms with E-state index >= 15 is 0 Å². The van der Waals surface area contributed by atoms with Crippen molar-refractivity contribution in [3.8, 4) is 16.9 Å². The van der Waals surface area contributed by atoms with E-state index in [1.807, 2.05) is 18.5 Å². The number of para-hydroxylation sites is 1. The summed E-state index contributed by atoms with van der Waals surface area (Å²) in [7, 11) is 0. The van der Waals surface area contributed by atoms with Crippen LogP contribution in [0.2, 0.25) is 0 Å². The van der Waals surface area contributed by atoms with Gasteiger partial charge in [-0.15, -0.1) is 11.8 Å². The number of unbranched alkanes of at least 4 members (excludes halogenated alkanes) is 1. The number of pyridine rings is 2. The molecule has 0 spiro atoms. The number of benzene rings is 1. The highest BCUT2D eigenvalue weighted by Crippen LogP contribution is 2.50. The van der Waals surface area contributed by atoms with Crippen molar-refractivity contribution in [3.63, 3.8) is 0 Å². The Bertz CT molecular complexity index is 1360. The van der Waals surface area contributed by atoms with Crippen molar-refractivity contribution in [2.45, 2.75) is 94.0 Å². The highest BCUT2D eigenvalue weighted by atomic mass is 32.2. The van der Waals surface area contributed by atoms with E-state index in [4.69, 9.17) is 14.8 Å². The molecule has 2 aliphatic rings. The zero-order chi connectivity index (χ0) is 30.1. The number of hydrogen-bond acceptors (Lipinski definition) is 8. The number of nitrogens with zero attached hydrogens (tertiary/aromatic N) is 2. The minimum atomic E-state index is -0.664. The summed E-state index contributed by atoms with van der Waals surface area (Å²) in [5, 5.41) is 26.0. The van der Waals surface area contributed by atoms with Crippen molar-refractivity contribution in [2.24, 2.45) is 0 Å². The molecule has 0 radical (unpaired) electrons. The van der Waals surface area contributed by atoms with Crippen molar-refractivity contribution in [2.75, 3.05) is 18.9 Å². The zero-order valence-corrected chi connectivity index (χ0v) is 25.9. The Hall–Kier alpha value is -2.98. The molecular formula is C34H44N4O4S. The predicted octanol–water partition coefficient (Wildman–Crippen LogP) is 5.28. The van der Waals surface area contributed by atoms with Crippen LogP contribution >= 0.6 is 11.8 Å². The Morgan fingerprint density at radius 3 is 2.74 bits per heavy atom. The Labute approximate surface area is 259 Å². The molecule has 8 nitrogen and oxygen atoms in total. The first kappa shape index (κ1) is 31.4. The molecule has 2 heterocycles.